The molecule has 3 N–H and O–H groups in total. The van der Waals surface area contributed by atoms with Gasteiger partial charge in [-0.05, 0) is 13.3 Å². The van der Waals surface area contributed by atoms with Crippen LogP contribution in [0.25, 0.3) is 0 Å². The number of hydrogen-bond donors (Lipinski definition) is 2. The van der Waals surface area contributed by atoms with Gasteiger partial charge in [0.05, 0.1) is 18.5 Å². The predicted octanol–water partition coefficient (Wildman–Crippen LogP) is 0.142. The zero-order chi connectivity index (χ0) is 9.56. The maximum absolute atomic E-state index is 11.1. The summed E-state index contributed by atoms with van der Waals surface area (Å²) in [6.07, 6.45) is 0.938. The van der Waals surface area contributed by atoms with Gasteiger partial charge in [0.2, 0.25) is 5.91 Å². The van der Waals surface area contributed by atoms with Gasteiger partial charge in [-0.25, -0.2) is 0 Å². The Morgan fingerprint density at radius 1 is 1.75 bits per heavy atom. The van der Waals surface area contributed by atoms with Gasteiger partial charge in [0.25, 0.3) is 0 Å². The number of nitrogens with two attached hydrogens (primary N) is 1. The Balaban J connectivity index is 3.77. The summed E-state index contributed by atoms with van der Waals surface area (Å²) < 4.78 is 0. The quantitative estimate of drug-likeness (QED) is 0.628. The van der Waals surface area contributed by atoms with Gasteiger partial charge in [-0.2, -0.15) is 5.26 Å². The lowest BCUT2D eigenvalue weighted by atomic mass is 10.2. The molecule has 2 atom stereocenters. The van der Waals surface area contributed by atoms with Crippen LogP contribution in [-0.4, -0.2) is 18.0 Å². The highest BCUT2D eigenvalue weighted by molar-refractivity contribution is 5.81. The van der Waals surface area contributed by atoms with Crippen molar-refractivity contribution in [1.29, 1.82) is 5.26 Å². The fourth-order valence-electron chi connectivity index (χ4n) is 0.723. The molecule has 2 unspecified atom stereocenters. The lowest BCUT2D eigenvalue weighted by Gasteiger charge is -2.13. The molecule has 4 heteroatoms. The lowest BCUT2D eigenvalue weighted by Crippen LogP contribution is -2.43. The maximum atomic E-state index is 11.1. The Hall–Kier alpha value is -1.08. The van der Waals surface area contributed by atoms with Crippen molar-refractivity contribution in [3.05, 3.63) is 0 Å². The Labute approximate surface area is 72.7 Å². The van der Waals surface area contributed by atoms with Crippen molar-refractivity contribution < 1.29 is 4.79 Å². The van der Waals surface area contributed by atoms with E-state index >= 15 is 0 Å². The normalized spacial score (nSPS) is 14.5. The molecule has 68 valence electrons. The third-order valence-electron chi connectivity index (χ3n) is 1.56. The fraction of sp³-hybridized carbons (Fsp3) is 0.750. The molecular formula is C8H15N3O. The van der Waals surface area contributed by atoms with Crippen molar-refractivity contribution in [1.82, 2.24) is 5.32 Å². The first-order valence-electron chi connectivity index (χ1n) is 4.04. The summed E-state index contributed by atoms with van der Waals surface area (Å²) in [5, 5.41) is 11.0. The highest BCUT2D eigenvalue weighted by Gasteiger charge is 2.12. The molecule has 0 aromatic rings. The van der Waals surface area contributed by atoms with Gasteiger partial charge in [0, 0.05) is 6.04 Å². The van der Waals surface area contributed by atoms with E-state index in [1.807, 2.05) is 13.0 Å². The summed E-state index contributed by atoms with van der Waals surface area (Å²) in [6.45, 7) is 3.63. The lowest BCUT2D eigenvalue weighted by molar-refractivity contribution is -0.122. The van der Waals surface area contributed by atoms with Crippen LogP contribution in [0.3, 0.4) is 0 Å². The summed E-state index contributed by atoms with van der Waals surface area (Å²) in [7, 11) is 0. The second kappa shape index (κ2) is 5.56. The first-order chi connectivity index (χ1) is 5.61. The monoisotopic (exact) mass is 169 g/mol. The Morgan fingerprint density at radius 3 is 2.75 bits per heavy atom. The standard InChI is InChI=1S/C8H15N3O/c1-3-7(10)8(12)11-6(2)4-5-9/h6-7H,3-4,10H2,1-2H3,(H,11,12). The molecule has 0 radical (unpaired) electrons. The van der Waals surface area contributed by atoms with Crippen LogP contribution in [0.4, 0.5) is 0 Å². The number of nitriles is 1. The van der Waals surface area contributed by atoms with Crippen LogP contribution in [0, 0.1) is 11.3 Å². The average Bonchev–Trinajstić information content (AvgIpc) is 2.03. The van der Waals surface area contributed by atoms with Crippen molar-refractivity contribution in [3.8, 4) is 6.07 Å². The van der Waals surface area contributed by atoms with E-state index < -0.39 is 6.04 Å². The van der Waals surface area contributed by atoms with E-state index in [2.05, 4.69) is 5.32 Å². The van der Waals surface area contributed by atoms with Crippen molar-refractivity contribution in [2.45, 2.75) is 38.8 Å². The number of amides is 1. The molecular weight excluding hydrogens is 154 g/mol. The summed E-state index contributed by atoms with van der Waals surface area (Å²) >= 11 is 0. The maximum Gasteiger partial charge on any atom is 0.237 e. The first-order valence-corrected chi connectivity index (χ1v) is 4.04. The van der Waals surface area contributed by atoms with Crippen molar-refractivity contribution in [2.24, 2.45) is 5.73 Å². The molecule has 0 aliphatic rings. The molecule has 0 heterocycles. The van der Waals surface area contributed by atoms with Gasteiger partial charge in [0.15, 0.2) is 0 Å². The highest BCUT2D eigenvalue weighted by Crippen LogP contribution is 1.91. The summed E-state index contributed by atoms with van der Waals surface area (Å²) in [5.74, 6) is -0.180. The van der Waals surface area contributed by atoms with E-state index in [0.717, 1.165) is 0 Å². The molecule has 0 aliphatic heterocycles. The molecule has 0 rings (SSSR count). The molecule has 4 nitrogen and oxygen atoms in total. The summed E-state index contributed by atoms with van der Waals surface area (Å²) in [5.41, 5.74) is 5.47. The Kier molecular flexibility index (Phi) is 5.06. The number of nitrogens with one attached hydrogen (secondary N) is 1. The Morgan fingerprint density at radius 2 is 2.33 bits per heavy atom. The third kappa shape index (κ3) is 3.94. The average molecular weight is 169 g/mol. The van der Waals surface area contributed by atoms with Crippen LogP contribution in [0.5, 0.6) is 0 Å². The van der Waals surface area contributed by atoms with Gasteiger partial charge < -0.3 is 11.1 Å². The highest BCUT2D eigenvalue weighted by atomic mass is 16.2. The second-order valence-corrected chi connectivity index (χ2v) is 2.79. The molecule has 0 aromatic carbocycles. The van der Waals surface area contributed by atoms with Gasteiger partial charge >= 0.3 is 0 Å². The molecule has 0 bridgehead atoms. The van der Waals surface area contributed by atoms with E-state index in [9.17, 15) is 4.79 Å². The van der Waals surface area contributed by atoms with Crippen molar-refractivity contribution in [2.75, 3.05) is 0 Å². The van der Waals surface area contributed by atoms with E-state index in [4.69, 9.17) is 11.0 Å². The topological polar surface area (TPSA) is 78.9 Å². The molecule has 0 fully saturated rings. The second-order valence-electron chi connectivity index (χ2n) is 2.79. The van der Waals surface area contributed by atoms with Crippen LogP contribution in [0.1, 0.15) is 26.7 Å². The summed E-state index contributed by atoms with van der Waals surface area (Å²) in [6, 6.07) is 1.41. The zero-order valence-corrected chi connectivity index (χ0v) is 7.50. The van der Waals surface area contributed by atoms with Gasteiger partial charge in [0.1, 0.15) is 0 Å². The third-order valence-corrected chi connectivity index (χ3v) is 1.56. The van der Waals surface area contributed by atoms with Crippen LogP contribution >= 0.6 is 0 Å². The predicted molar refractivity (Wildman–Crippen MR) is 46.1 cm³/mol. The number of carbonyl (C=O) groups excluding carboxylic acids is 1. The van der Waals surface area contributed by atoms with Crippen LogP contribution in [-0.2, 0) is 4.79 Å². The van der Waals surface area contributed by atoms with Gasteiger partial charge in [-0.1, -0.05) is 6.92 Å². The fourth-order valence-corrected chi connectivity index (χ4v) is 0.723. The minimum atomic E-state index is -0.453. The zero-order valence-electron chi connectivity index (χ0n) is 7.50. The summed E-state index contributed by atoms with van der Waals surface area (Å²) in [4.78, 5) is 11.1. The largest absolute Gasteiger partial charge is 0.351 e. The molecule has 12 heavy (non-hydrogen) atoms. The molecule has 0 spiro atoms. The SMILES string of the molecule is CCC(N)C(=O)NC(C)CC#N. The molecule has 0 saturated carbocycles. The van der Waals surface area contributed by atoms with Crippen LogP contribution in [0.2, 0.25) is 0 Å². The van der Waals surface area contributed by atoms with Crippen LogP contribution < -0.4 is 11.1 Å². The number of rotatable bonds is 4. The number of hydrogen-bond acceptors (Lipinski definition) is 3. The first kappa shape index (κ1) is 10.9. The molecule has 0 aromatic heterocycles. The smallest absolute Gasteiger partial charge is 0.237 e. The Bertz CT molecular complexity index is 185. The number of carbonyl (C=O) groups is 1. The van der Waals surface area contributed by atoms with E-state index in [1.54, 1.807) is 6.92 Å². The van der Waals surface area contributed by atoms with Crippen molar-refractivity contribution in [3.63, 3.8) is 0 Å². The molecule has 0 saturated heterocycles. The van der Waals surface area contributed by atoms with E-state index in [-0.39, 0.29) is 11.9 Å². The minimum absolute atomic E-state index is 0.111. The van der Waals surface area contributed by atoms with Crippen LogP contribution in [0.15, 0.2) is 0 Å². The van der Waals surface area contributed by atoms with E-state index in [1.165, 1.54) is 0 Å². The molecule has 0 aliphatic carbocycles. The molecule has 1 amide bonds. The number of nitrogens with zero attached hydrogens (tertiary/aromatic N) is 1. The minimum Gasteiger partial charge on any atom is -0.351 e. The van der Waals surface area contributed by atoms with Gasteiger partial charge in [-0.15, -0.1) is 0 Å². The van der Waals surface area contributed by atoms with Crippen molar-refractivity contribution >= 4 is 5.91 Å². The van der Waals surface area contributed by atoms with Gasteiger partial charge in [-0.3, -0.25) is 4.79 Å². The van der Waals surface area contributed by atoms with E-state index in [0.29, 0.717) is 12.8 Å².